The molecule has 4 aliphatic heterocycles. The Morgan fingerprint density at radius 2 is 1.92 bits per heavy atom. The van der Waals surface area contributed by atoms with Gasteiger partial charge in [-0.25, -0.2) is 15.2 Å². The first-order chi connectivity index (χ1) is 26.0. The maximum Gasteiger partial charge on any atom is 0.324 e. The molecule has 326 valence electrons. The number of urea groups is 1. The number of nitrogens with one attached hydrogen (secondary N) is 2. The summed E-state index contributed by atoms with van der Waals surface area (Å²) < 4.78 is 19.9. The molecule has 3 aromatic heterocycles. The van der Waals surface area contributed by atoms with E-state index in [0.717, 1.165) is 62.6 Å². The Hall–Kier alpha value is -2.62. The SMILES string of the molecule is CCn1c(-c2cccnc2[C@H](C)OC)c2c3cc(ccc31)-c1csc(n1)C[C@H](NC(=O)N1C[C@@H]3OCC[C@@H]31)C(=O)N1CCC[C@H](N1)C(=O)OCC(C)(C)C2.S.S.S.S.S. The van der Waals surface area contributed by atoms with Crippen molar-refractivity contribution >= 4 is 108 Å². The molecule has 0 radical (unpaired) electrons. The zero-order valence-corrected chi connectivity index (χ0v) is 39.9. The van der Waals surface area contributed by atoms with Crippen LogP contribution in [0.4, 0.5) is 4.79 Å². The molecule has 2 N–H and O–H groups in total. The maximum absolute atomic E-state index is 14.2. The number of hydrazine groups is 1. The summed E-state index contributed by atoms with van der Waals surface area (Å²) in [5.41, 5.74) is 9.62. The molecule has 13 nitrogen and oxygen atoms in total. The van der Waals surface area contributed by atoms with E-state index < -0.39 is 23.5 Å². The first-order valence-corrected chi connectivity index (χ1v) is 19.9. The number of pyridine rings is 1. The summed E-state index contributed by atoms with van der Waals surface area (Å²) in [7, 11) is 1.70. The van der Waals surface area contributed by atoms with Gasteiger partial charge in [-0.3, -0.25) is 19.6 Å². The Morgan fingerprint density at radius 1 is 1.14 bits per heavy atom. The average molecular weight is 926 g/mol. The topological polar surface area (TPSA) is 140 Å². The van der Waals surface area contributed by atoms with Crippen LogP contribution < -0.4 is 10.7 Å². The van der Waals surface area contributed by atoms with Gasteiger partial charge < -0.3 is 29.0 Å². The molecule has 0 saturated carbocycles. The summed E-state index contributed by atoms with van der Waals surface area (Å²) in [6.45, 7) is 10.8. The second-order valence-corrected chi connectivity index (χ2v) is 16.6. The van der Waals surface area contributed by atoms with Crippen molar-refractivity contribution in [2.24, 2.45) is 5.41 Å². The summed E-state index contributed by atoms with van der Waals surface area (Å²) >= 11 is 1.47. The molecule has 0 unspecified atom stereocenters. The predicted octanol–water partition coefficient (Wildman–Crippen LogP) is 5.83. The molecule has 3 saturated heterocycles. The van der Waals surface area contributed by atoms with Crippen molar-refractivity contribution in [2.75, 3.05) is 33.4 Å². The highest BCUT2D eigenvalue weighted by molar-refractivity contribution is 7.60. The Labute approximate surface area is 385 Å². The predicted molar refractivity (Wildman–Crippen MR) is 256 cm³/mol. The molecule has 4 aliphatic rings. The van der Waals surface area contributed by atoms with E-state index in [9.17, 15) is 14.4 Å². The molecule has 19 heteroatoms. The first kappa shape index (κ1) is 50.7. The Morgan fingerprint density at radius 3 is 2.64 bits per heavy atom. The number of hydrogen-bond donors (Lipinski definition) is 2. The van der Waals surface area contributed by atoms with Gasteiger partial charge in [0.05, 0.1) is 53.5 Å². The molecular weight excluding hydrogens is 867 g/mol. The van der Waals surface area contributed by atoms with Crippen molar-refractivity contribution < 1.29 is 28.6 Å². The Balaban J connectivity index is 0.00000186. The second-order valence-electron chi connectivity index (χ2n) is 15.6. The van der Waals surface area contributed by atoms with Gasteiger partial charge in [0.15, 0.2) is 0 Å². The van der Waals surface area contributed by atoms with Crippen LogP contribution in [0.2, 0.25) is 0 Å². The van der Waals surface area contributed by atoms with Crippen LogP contribution in [0, 0.1) is 5.41 Å². The Bertz CT molecular complexity index is 2100. The fourth-order valence-corrected chi connectivity index (χ4v) is 9.24. The van der Waals surface area contributed by atoms with Crippen molar-refractivity contribution in [3.8, 4) is 22.5 Å². The molecule has 3 amide bonds. The van der Waals surface area contributed by atoms with E-state index in [1.54, 1.807) is 18.2 Å². The van der Waals surface area contributed by atoms with Gasteiger partial charge in [0.1, 0.15) is 12.1 Å². The number of fused-ring (bicyclic) bond motifs is 7. The minimum atomic E-state index is -0.892. The number of benzene rings is 1. The molecule has 59 heavy (non-hydrogen) atoms. The molecule has 1 aromatic carbocycles. The van der Waals surface area contributed by atoms with Gasteiger partial charge in [-0.1, -0.05) is 19.9 Å². The van der Waals surface area contributed by atoms with E-state index in [4.69, 9.17) is 24.2 Å². The largest absolute Gasteiger partial charge is 0.464 e. The van der Waals surface area contributed by atoms with Crippen LogP contribution in [0.5, 0.6) is 0 Å². The third-order valence-electron chi connectivity index (χ3n) is 11.3. The number of amides is 3. The van der Waals surface area contributed by atoms with E-state index in [1.807, 2.05) is 18.4 Å². The molecule has 4 aromatic rings. The van der Waals surface area contributed by atoms with E-state index in [-0.39, 0.29) is 111 Å². The number of rotatable bonds is 5. The molecule has 7 heterocycles. The minimum absolute atomic E-state index is 0. The monoisotopic (exact) mass is 925 g/mol. The first-order valence-electron chi connectivity index (χ1n) is 19.1. The van der Waals surface area contributed by atoms with E-state index in [1.165, 1.54) is 16.3 Å². The summed E-state index contributed by atoms with van der Waals surface area (Å²) in [5, 5.41) is 8.35. The van der Waals surface area contributed by atoms with Crippen LogP contribution in [0.15, 0.2) is 41.9 Å². The molecule has 0 spiro atoms. The highest BCUT2D eigenvalue weighted by Crippen LogP contribution is 2.42. The van der Waals surface area contributed by atoms with E-state index in [0.29, 0.717) is 39.0 Å². The van der Waals surface area contributed by atoms with Gasteiger partial charge >= 0.3 is 12.0 Å². The summed E-state index contributed by atoms with van der Waals surface area (Å²) in [4.78, 5) is 53.0. The normalized spacial score (nSPS) is 22.7. The number of likely N-dealkylation sites (tertiary alicyclic amines) is 1. The molecule has 3 fully saturated rings. The van der Waals surface area contributed by atoms with Crippen LogP contribution in [0.1, 0.15) is 69.3 Å². The summed E-state index contributed by atoms with van der Waals surface area (Å²) in [5.74, 6) is -0.711. The lowest BCUT2D eigenvalue weighted by Gasteiger charge is -2.43. The van der Waals surface area contributed by atoms with Crippen molar-refractivity contribution in [3.05, 3.63) is 58.2 Å². The molecule has 6 bridgehead atoms. The van der Waals surface area contributed by atoms with Crippen LogP contribution in [0.3, 0.4) is 0 Å². The van der Waals surface area contributed by atoms with Gasteiger partial charge in [-0.05, 0) is 69.4 Å². The molecule has 0 aliphatic carbocycles. The second kappa shape index (κ2) is 21.0. The van der Waals surface area contributed by atoms with Gasteiger partial charge in [-0.2, -0.15) is 67.5 Å². The van der Waals surface area contributed by atoms with Crippen LogP contribution >= 0.6 is 78.8 Å². The standard InChI is InChI=1S/C40H49N7O6S.5H2S/c1-6-45-31-12-11-24-17-26(31)27(36(45)25-9-7-14-41-35(25)23(2)51-5)19-40(3,4)22-53-38(49)28-10-8-15-47(44-28)37(48)29(18-34-42-30(24)21-54-34)43-39(50)46-20-33-32(46)13-16-52-33;;;;;/h7,9,11-12,14,17,21,23,28-29,32-33,44H,6,8,10,13,15-16,18-20,22H2,1-5H3,(H,43,50);5*1H2/t23-,28-,29-,32-,33-;;;;;/m0...../s1. The summed E-state index contributed by atoms with van der Waals surface area (Å²) in [6.07, 6.45) is 4.40. The van der Waals surface area contributed by atoms with Crippen molar-refractivity contribution in [1.82, 2.24) is 35.2 Å². The number of aromatic nitrogens is 3. The lowest BCUT2D eigenvalue weighted by molar-refractivity contribution is -0.155. The summed E-state index contributed by atoms with van der Waals surface area (Å²) in [6, 6.07) is 8.68. The smallest absolute Gasteiger partial charge is 0.324 e. The average Bonchev–Trinajstić information content (AvgIpc) is 3.87. The third kappa shape index (κ3) is 10.0. The third-order valence-corrected chi connectivity index (χ3v) is 12.2. The minimum Gasteiger partial charge on any atom is -0.464 e. The van der Waals surface area contributed by atoms with Gasteiger partial charge in [-0.15, -0.1) is 11.3 Å². The van der Waals surface area contributed by atoms with Crippen molar-refractivity contribution in [1.29, 1.82) is 0 Å². The molecule has 8 rings (SSSR count). The number of carbonyl (C=O) groups is 3. The maximum atomic E-state index is 14.2. The fourth-order valence-electron chi connectivity index (χ4n) is 8.39. The highest BCUT2D eigenvalue weighted by atomic mass is 32.1. The molecule has 5 atom stereocenters. The zero-order chi connectivity index (χ0) is 37.7. The lowest BCUT2D eigenvalue weighted by atomic mass is 9.84. The number of nitrogens with zero attached hydrogens (tertiary/aromatic N) is 5. The van der Waals surface area contributed by atoms with Gasteiger partial charge in [0.2, 0.25) is 0 Å². The van der Waals surface area contributed by atoms with Crippen molar-refractivity contribution in [2.45, 2.75) is 96.7 Å². The number of aryl methyl sites for hydroxylation is 1. The quantitative estimate of drug-likeness (QED) is 0.237. The van der Waals surface area contributed by atoms with Crippen LogP contribution in [-0.4, -0.2) is 100.0 Å². The van der Waals surface area contributed by atoms with Gasteiger partial charge in [0, 0.05) is 72.2 Å². The lowest BCUT2D eigenvalue weighted by Crippen LogP contribution is -2.66. The Kier molecular flexibility index (Phi) is 18.0. The number of methoxy groups -OCH3 is 1. The van der Waals surface area contributed by atoms with Gasteiger partial charge in [0.25, 0.3) is 5.91 Å². The zero-order valence-electron chi connectivity index (χ0n) is 34.1. The van der Waals surface area contributed by atoms with E-state index >= 15 is 0 Å². The highest BCUT2D eigenvalue weighted by Gasteiger charge is 2.47. The fraction of sp³-hybridized carbons (Fsp3) is 0.525. The number of hydrogen-bond acceptors (Lipinski definition) is 10. The van der Waals surface area contributed by atoms with Crippen LogP contribution in [0.25, 0.3) is 33.4 Å². The molecular formula is C40H59N7O6S6. The number of thiazole rings is 1. The number of carbonyl (C=O) groups excluding carboxylic acids is 3. The van der Waals surface area contributed by atoms with Crippen LogP contribution in [-0.2, 0) is 43.2 Å². The van der Waals surface area contributed by atoms with E-state index in [2.05, 4.69) is 60.3 Å². The number of esters is 1. The number of ether oxygens (including phenoxy) is 3. The number of cyclic esters (lactones) is 1. The van der Waals surface area contributed by atoms with Crippen molar-refractivity contribution in [3.63, 3.8) is 0 Å².